The fourth-order valence-electron chi connectivity index (χ4n) is 4.33. The number of hydrogen-bond donors (Lipinski definition) is 4. The maximum Gasteiger partial charge on any atom is 0.335 e. The highest BCUT2D eigenvalue weighted by Gasteiger charge is 2.17. The first-order chi connectivity index (χ1) is 18.3. The van der Waals surface area contributed by atoms with Gasteiger partial charge in [-0.3, -0.25) is 14.2 Å². The third-order valence-electron chi connectivity index (χ3n) is 5.94. The second-order valence-corrected chi connectivity index (χ2v) is 8.62. The Kier molecular flexibility index (Phi) is 6.32. The predicted octanol–water partition coefficient (Wildman–Crippen LogP) is 5.78. The quantitative estimate of drug-likeness (QED) is 0.240. The molecular weight excluding hydrogens is 484 g/mol. The normalized spacial score (nSPS) is 10.8. The van der Waals surface area contributed by atoms with Gasteiger partial charge in [-0.1, -0.05) is 36.4 Å². The number of aromatic nitrogens is 1. The monoisotopic (exact) mass is 506 g/mol. The van der Waals surface area contributed by atoms with Crippen molar-refractivity contribution in [1.82, 2.24) is 4.57 Å². The van der Waals surface area contributed by atoms with E-state index < -0.39 is 17.9 Å². The lowest BCUT2D eigenvalue weighted by Gasteiger charge is -2.12. The molecule has 4 N–H and O–H groups in total. The van der Waals surface area contributed by atoms with Crippen LogP contribution in [0.1, 0.15) is 27.6 Å². The van der Waals surface area contributed by atoms with Crippen molar-refractivity contribution < 1.29 is 24.3 Å². The molecule has 38 heavy (non-hydrogen) atoms. The van der Waals surface area contributed by atoms with Crippen LogP contribution in [-0.4, -0.2) is 33.5 Å². The molecule has 5 aromatic rings. The summed E-state index contributed by atoms with van der Waals surface area (Å²) in [5, 5.41) is 19.5. The average molecular weight is 507 g/mol. The van der Waals surface area contributed by atoms with E-state index in [0.29, 0.717) is 22.3 Å². The second kappa shape index (κ2) is 9.90. The Balaban J connectivity index is 1.44. The number of carbonyl (C=O) groups is 4. The van der Waals surface area contributed by atoms with E-state index in [1.807, 2.05) is 48.5 Å². The fraction of sp³-hybridized carbons (Fsp3) is 0.0345. The SMILES string of the molecule is CC(=O)Nc1ccc(C(=O)Nc2cc(NC(=O)n3c4ccccc4c4ccccc43)cc(C(=O)O)c2)cc1. The Labute approximate surface area is 216 Å². The van der Waals surface area contributed by atoms with Crippen LogP contribution in [0.2, 0.25) is 0 Å². The van der Waals surface area contributed by atoms with Crippen molar-refractivity contribution in [2.45, 2.75) is 6.92 Å². The van der Waals surface area contributed by atoms with E-state index in [0.717, 1.165) is 10.8 Å². The molecule has 1 heterocycles. The summed E-state index contributed by atoms with van der Waals surface area (Å²) >= 11 is 0. The molecule has 0 aliphatic carbocycles. The second-order valence-electron chi connectivity index (χ2n) is 8.62. The maximum atomic E-state index is 13.4. The molecule has 0 saturated heterocycles. The van der Waals surface area contributed by atoms with Crippen molar-refractivity contribution >= 4 is 62.7 Å². The number of aromatic carboxylic acids is 1. The van der Waals surface area contributed by atoms with E-state index in [2.05, 4.69) is 16.0 Å². The van der Waals surface area contributed by atoms with Gasteiger partial charge in [0.15, 0.2) is 0 Å². The molecule has 1 aromatic heterocycles. The number of nitrogens with one attached hydrogen (secondary N) is 3. The van der Waals surface area contributed by atoms with Crippen LogP contribution in [0.15, 0.2) is 91.0 Å². The third-order valence-corrected chi connectivity index (χ3v) is 5.94. The van der Waals surface area contributed by atoms with Gasteiger partial charge in [0.2, 0.25) is 5.91 Å². The van der Waals surface area contributed by atoms with Gasteiger partial charge in [-0.2, -0.15) is 0 Å². The van der Waals surface area contributed by atoms with Crippen LogP contribution >= 0.6 is 0 Å². The predicted molar refractivity (Wildman–Crippen MR) is 146 cm³/mol. The topological polar surface area (TPSA) is 130 Å². The van der Waals surface area contributed by atoms with Crippen LogP contribution in [0.3, 0.4) is 0 Å². The highest BCUT2D eigenvalue weighted by Crippen LogP contribution is 2.29. The van der Waals surface area contributed by atoms with Gasteiger partial charge in [-0.05, 0) is 54.6 Å². The van der Waals surface area contributed by atoms with E-state index in [-0.39, 0.29) is 22.8 Å². The summed E-state index contributed by atoms with van der Waals surface area (Å²) in [6.45, 7) is 1.38. The molecule has 0 radical (unpaired) electrons. The standard InChI is InChI=1S/C29H22N4O5/c1-17(34)30-20-12-10-18(11-13-20)27(35)31-21-14-19(28(36)37)15-22(16-21)32-29(38)33-25-8-4-2-6-23(25)24-7-3-5-9-26(24)33/h2-16H,1H3,(H,30,34)(H,31,35)(H,32,38)(H,36,37). The van der Waals surface area contributed by atoms with Crippen molar-refractivity contribution in [3.63, 3.8) is 0 Å². The molecule has 3 amide bonds. The molecule has 0 saturated carbocycles. The number of amides is 3. The van der Waals surface area contributed by atoms with Gasteiger partial charge in [0, 0.05) is 40.3 Å². The summed E-state index contributed by atoms with van der Waals surface area (Å²) in [6.07, 6.45) is 0. The minimum Gasteiger partial charge on any atom is -0.478 e. The Morgan fingerprint density at radius 2 is 1.18 bits per heavy atom. The number of para-hydroxylation sites is 2. The lowest BCUT2D eigenvalue weighted by Crippen LogP contribution is -2.20. The maximum absolute atomic E-state index is 13.4. The van der Waals surface area contributed by atoms with Crippen molar-refractivity contribution in [1.29, 1.82) is 0 Å². The Hall–Kier alpha value is -5.44. The highest BCUT2D eigenvalue weighted by atomic mass is 16.4. The lowest BCUT2D eigenvalue weighted by atomic mass is 10.1. The lowest BCUT2D eigenvalue weighted by molar-refractivity contribution is -0.114. The first-order valence-corrected chi connectivity index (χ1v) is 11.7. The largest absolute Gasteiger partial charge is 0.478 e. The molecule has 0 unspecified atom stereocenters. The van der Waals surface area contributed by atoms with Crippen molar-refractivity contribution in [2.75, 3.05) is 16.0 Å². The van der Waals surface area contributed by atoms with Crippen LogP contribution in [-0.2, 0) is 4.79 Å². The van der Waals surface area contributed by atoms with E-state index >= 15 is 0 Å². The summed E-state index contributed by atoms with van der Waals surface area (Å²) in [6, 6.07) is 24.9. The van der Waals surface area contributed by atoms with E-state index in [9.17, 15) is 24.3 Å². The van der Waals surface area contributed by atoms with Crippen LogP contribution < -0.4 is 16.0 Å². The molecule has 0 aliphatic heterocycles. The molecule has 0 fully saturated rings. The number of carbonyl (C=O) groups excluding carboxylic acids is 3. The molecule has 5 rings (SSSR count). The summed E-state index contributed by atoms with van der Waals surface area (Å²) < 4.78 is 1.53. The molecule has 9 heteroatoms. The van der Waals surface area contributed by atoms with Crippen molar-refractivity contribution in [3.8, 4) is 0 Å². The van der Waals surface area contributed by atoms with Gasteiger partial charge in [0.05, 0.1) is 16.6 Å². The number of rotatable bonds is 5. The zero-order valence-corrected chi connectivity index (χ0v) is 20.2. The molecule has 4 aromatic carbocycles. The number of carboxylic acids is 1. The highest BCUT2D eigenvalue weighted by molar-refractivity contribution is 6.15. The van der Waals surface area contributed by atoms with E-state index in [1.54, 1.807) is 12.1 Å². The Morgan fingerprint density at radius 3 is 1.74 bits per heavy atom. The Morgan fingerprint density at radius 1 is 0.632 bits per heavy atom. The Bertz CT molecular complexity index is 1680. The smallest absolute Gasteiger partial charge is 0.335 e. The summed E-state index contributed by atoms with van der Waals surface area (Å²) in [7, 11) is 0. The van der Waals surface area contributed by atoms with Crippen LogP contribution in [0, 0.1) is 0 Å². The summed E-state index contributed by atoms with van der Waals surface area (Å²) in [4.78, 5) is 49.2. The summed E-state index contributed by atoms with van der Waals surface area (Å²) in [5.41, 5.74) is 2.54. The number of hydrogen-bond acceptors (Lipinski definition) is 4. The van der Waals surface area contributed by atoms with Gasteiger partial charge < -0.3 is 21.1 Å². The molecular formula is C29H22N4O5. The molecule has 0 atom stereocenters. The number of benzene rings is 4. The third kappa shape index (κ3) is 4.80. The van der Waals surface area contributed by atoms with Gasteiger partial charge in [-0.15, -0.1) is 0 Å². The minimum atomic E-state index is -1.21. The van der Waals surface area contributed by atoms with Crippen LogP contribution in [0.4, 0.5) is 21.9 Å². The van der Waals surface area contributed by atoms with Gasteiger partial charge >= 0.3 is 12.0 Å². The first-order valence-electron chi connectivity index (χ1n) is 11.7. The fourth-order valence-corrected chi connectivity index (χ4v) is 4.33. The average Bonchev–Trinajstić information content (AvgIpc) is 3.23. The van der Waals surface area contributed by atoms with Crippen molar-refractivity contribution in [2.24, 2.45) is 0 Å². The van der Waals surface area contributed by atoms with Crippen LogP contribution in [0.5, 0.6) is 0 Å². The number of anilines is 3. The van der Waals surface area contributed by atoms with Gasteiger partial charge in [-0.25, -0.2) is 9.59 Å². The number of nitrogens with zero attached hydrogens (tertiary/aromatic N) is 1. The zero-order chi connectivity index (χ0) is 26.8. The molecule has 0 spiro atoms. The van der Waals surface area contributed by atoms with Crippen LogP contribution in [0.25, 0.3) is 21.8 Å². The first kappa shape index (κ1) is 24.3. The van der Waals surface area contributed by atoms with Gasteiger partial charge in [0.25, 0.3) is 5.91 Å². The summed E-state index contributed by atoms with van der Waals surface area (Å²) in [5.74, 6) is -1.93. The molecule has 0 aliphatic rings. The molecule has 0 bridgehead atoms. The number of carboxylic acid groups (broad SMARTS) is 1. The molecule has 9 nitrogen and oxygen atoms in total. The minimum absolute atomic E-state index is 0.110. The van der Waals surface area contributed by atoms with Crippen molar-refractivity contribution in [3.05, 3.63) is 102 Å². The molecule has 188 valence electrons. The van der Waals surface area contributed by atoms with Gasteiger partial charge in [0.1, 0.15) is 0 Å². The zero-order valence-electron chi connectivity index (χ0n) is 20.2. The van der Waals surface area contributed by atoms with E-state index in [1.165, 1.54) is 41.8 Å². The number of fused-ring (bicyclic) bond motifs is 3. The van der Waals surface area contributed by atoms with E-state index in [4.69, 9.17) is 0 Å².